The Morgan fingerprint density at radius 2 is 1.95 bits per heavy atom. The van der Waals surface area contributed by atoms with Gasteiger partial charge in [-0.25, -0.2) is 8.42 Å². The minimum Gasteiger partial charge on any atom is -0.506 e. The van der Waals surface area contributed by atoms with Gasteiger partial charge >= 0.3 is 0 Å². The maximum absolute atomic E-state index is 12.4. The van der Waals surface area contributed by atoms with Gasteiger partial charge in [-0.15, -0.1) is 0 Å². The molecule has 116 valence electrons. The Kier molecular flexibility index (Phi) is 4.53. The summed E-state index contributed by atoms with van der Waals surface area (Å²) in [5.41, 5.74) is 0.139. The number of aromatic hydroxyl groups is 1. The third-order valence-electron chi connectivity index (χ3n) is 3.52. The van der Waals surface area contributed by atoms with Crippen molar-refractivity contribution in [1.82, 2.24) is 4.31 Å². The summed E-state index contributed by atoms with van der Waals surface area (Å²) >= 11 is 0. The Bertz CT molecular complexity index is 634. The molecule has 1 aliphatic rings. The van der Waals surface area contributed by atoms with Gasteiger partial charge in [0, 0.05) is 19.0 Å². The Morgan fingerprint density at radius 1 is 1.33 bits per heavy atom. The standard InChI is InChI=1S/C14H20N2O4S/c1-3-16(4-2)21(19,20)11-7-8-13(17)12(9-11)15-14(18)10-5-6-10/h7-10,17H,3-6H2,1-2H3,(H,15,18). The first-order valence-electron chi connectivity index (χ1n) is 7.04. The molecular weight excluding hydrogens is 292 g/mol. The van der Waals surface area contributed by atoms with Crippen LogP contribution in [0.2, 0.25) is 0 Å². The molecule has 6 nitrogen and oxygen atoms in total. The Hall–Kier alpha value is -1.60. The van der Waals surface area contributed by atoms with Crippen LogP contribution in [0.5, 0.6) is 5.75 Å². The van der Waals surface area contributed by atoms with Crippen LogP contribution in [0.3, 0.4) is 0 Å². The van der Waals surface area contributed by atoms with Gasteiger partial charge < -0.3 is 10.4 Å². The molecule has 1 aliphatic carbocycles. The van der Waals surface area contributed by atoms with Gasteiger partial charge in [-0.1, -0.05) is 13.8 Å². The fourth-order valence-electron chi connectivity index (χ4n) is 2.07. The highest BCUT2D eigenvalue weighted by Crippen LogP contribution is 2.33. The fourth-order valence-corrected chi connectivity index (χ4v) is 3.55. The van der Waals surface area contributed by atoms with E-state index in [1.54, 1.807) is 13.8 Å². The third kappa shape index (κ3) is 3.36. The molecule has 0 saturated heterocycles. The van der Waals surface area contributed by atoms with E-state index in [0.717, 1.165) is 12.8 Å². The number of sulfonamides is 1. The number of carbonyl (C=O) groups excluding carboxylic acids is 1. The lowest BCUT2D eigenvalue weighted by atomic mass is 10.2. The predicted octanol–water partition coefficient (Wildman–Crippen LogP) is 1.77. The summed E-state index contributed by atoms with van der Waals surface area (Å²) in [6, 6.07) is 3.94. The monoisotopic (exact) mass is 312 g/mol. The molecule has 1 aromatic rings. The molecule has 0 unspecified atom stereocenters. The van der Waals surface area contributed by atoms with E-state index in [1.807, 2.05) is 0 Å². The van der Waals surface area contributed by atoms with Gasteiger partial charge in [0.25, 0.3) is 0 Å². The highest BCUT2D eigenvalue weighted by molar-refractivity contribution is 7.89. The number of hydrogen-bond donors (Lipinski definition) is 2. The molecule has 1 amide bonds. The van der Waals surface area contributed by atoms with Crippen molar-refractivity contribution in [2.75, 3.05) is 18.4 Å². The number of carbonyl (C=O) groups is 1. The zero-order valence-electron chi connectivity index (χ0n) is 12.2. The Morgan fingerprint density at radius 3 is 2.48 bits per heavy atom. The number of benzene rings is 1. The van der Waals surface area contributed by atoms with Crippen molar-refractivity contribution in [2.24, 2.45) is 5.92 Å². The Balaban J connectivity index is 2.31. The molecule has 0 heterocycles. The molecule has 1 saturated carbocycles. The lowest BCUT2D eigenvalue weighted by Crippen LogP contribution is -2.30. The van der Waals surface area contributed by atoms with Crippen LogP contribution in [0.1, 0.15) is 26.7 Å². The normalized spacial score (nSPS) is 15.2. The van der Waals surface area contributed by atoms with Crippen LogP contribution >= 0.6 is 0 Å². The van der Waals surface area contributed by atoms with Crippen molar-refractivity contribution in [3.8, 4) is 5.75 Å². The van der Waals surface area contributed by atoms with E-state index in [2.05, 4.69) is 5.32 Å². The second kappa shape index (κ2) is 6.03. The SMILES string of the molecule is CCN(CC)S(=O)(=O)c1ccc(O)c(NC(=O)C2CC2)c1. The molecule has 0 bridgehead atoms. The van der Waals surface area contributed by atoms with Crippen LogP contribution in [0.4, 0.5) is 5.69 Å². The van der Waals surface area contributed by atoms with E-state index in [4.69, 9.17) is 0 Å². The van der Waals surface area contributed by atoms with Crippen LogP contribution in [0, 0.1) is 5.92 Å². The average Bonchev–Trinajstić information content (AvgIpc) is 3.26. The average molecular weight is 312 g/mol. The van der Waals surface area contributed by atoms with Gasteiger partial charge in [0.15, 0.2) is 0 Å². The number of phenols is 1. The van der Waals surface area contributed by atoms with Crippen molar-refractivity contribution in [1.29, 1.82) is 0 Å². The number of nitrogens with one attached hydrogen (secondary N) is 1. The predicted molar refractivity (Wildman–Crippen MR) is 79.6 cm³/mol. The summed E-state index contributed by atoms with van der Waals surface area (Å²) in [6.07, 6.45) is 1.67. The van der Waals surface area contributed by atoms with Crippen molar-refractivity contribution in [2.45, 2.75) is 31.6 Å². The quantitative estimate of drug-likeness (QED) is 0.784. The number of rotatable bonds is 6. The first-order valence-corrected chi connectivity index (χ1v) is 8.48. The minimum atomic E-state index is -3.61. The molecular formula is C14H20N2O4S. The molecule has 2 rings (SSSR count). The van der Waals surface area contributed by atoms with E-state index >= 15 is 0 Å². The number of anilines is 1. The van der Waals surface area contributed by atoms with Gasteiger partial charge in [0.2, 0.25) is 15.9 Å². The van der Waals surface area contributed by atoms with Crippen molar-refractivity contribution >= 4 is 21.6 Å². The van der Waals surface area contributed by atoms with Crippen LogP contribution in [-0.2, 0) is 14.8 Å². The Labute approximate surface area is 124 Å². The second-order valence-corrected chi connectivity index (χ2v) is 6.97. The molecule has 1 aromatic carbocycles. The summed E-state index contributed by atoms with van der Waals surface area (Å²) in [5, 5.41) is 12.4. The molecule has 7 heteroatoms. The van der Waals surface area contributed by atoms with Crippen LogP contribution < -0.4 is 5.32 Å². The van der Waals surface area contributed by atoms with Gasteiger partial charge in [-0.2, -0.15) is 4.31 Å². The van der Waals surface area contributed by atoms with Crippen molar-refractivity contribution in [3.05, 3.63) is 18.2 Å². The van der Waals surface area contributed by atoms with Crippen LogP contribution in [0.25, 0.3) is 0 Å². The number of phenolic OH excluding ortho intramolecular Hbond substituents is 1. The van der Waals surface area contributed by atoms with Crippen LogP contribution in [0.15, 0.2) is 23.1 Å². The summed E-state index contributed by atoms with van der Waals surface area (Å²) in [7, 11) is -3.61. The van der Waals surface area contributed by atoms with Gasteiger partial charge in [-0.05, 0) is 31.0 Å². The zero-order valence-corrected chi connectivity index (χ0v) is 13.0. The van der Waals surface area contributed by atoms with E-state index in [1.165, 1.54) is 22.5 Å². The fraction of sp³-hybridized carbons (Fsp3) is 0.500. The first kappa shape index (κ1) is 15.8. The summed E-state index contributed by atoms with van der Waals surface area (Å²) in [5.74, 6) is -0.336. The largest absolute Gasteiger partial charge is 0.506 e. The third-order valence-corrected chi connectivity index (χ3v) is 5.56. The second-order valence-electron chi connectivity index (χ2n) is 5.03. The van der Waals surface area contributed by atoms with E-state index < -0.39 is 10.0 Å². The molecule has 0 spiro atoms. The van der Waals surface area contributed by atoms with Crippen molar-refractivity contribution in [3.63, 3.8) is 0 Å². The summed E-state index contributed by atoms with van der Waals surface area (Å²) < 4.78 is 26.2. The first-order chi connectivity index (χ1) is 9.90. The van der Waals surface area contributed by atoms with Gasteiger partial charge in [0.05, 0.1) is 10.6 Å². The highest BCUT2D eigenvalue weighted by atomic mass is 32.2. The van der Waals surface area contributed by atoms with Crippen LogP contribution in [-0.4, -0.2) is 36.8 Å². The minimum absolute atomic E-state index is 0.0209. The molecule has 0 aromatic heterocycles. The lowest BCUT2D eigenvalue weighted by Gasteiger charge is -2.19. The topological polar surface area (TPSA) is 86.7 Å². The number of amides is 1. The lowest BCUT2D eigenvalue weighted by molar-refractivity contribution is -0.117. The zero-order chi connectivity index (χ0) is 15.6. The van der Waals surface area contributed by atoms with Crippen molar-refractivity contribution < 1.29 is 18.3 Å². The molecule has 2 N–H and O–H groups in total. The van der Waals surface area contributed by atoms with E-state index in [9.17, 15) is 18.3 Å². The summed E-state index contributed by atoms with van der Waals surface area (Å²) in [4.78, 5) is 11.8. The molecule has 0 aliphatic heterocycles. The highest BCUT2D eigenvalue weighted by Gasteiger charge is 2.30. The number of hydrogen-bond acceptors (Lipinski definition) is 4. The molecule has 0 radical (unpaired) electrons. The van der Waals surface area contributed by atoms with Gasteiger partial charge in [0.1, 0.15) is 5.75 Å². The smallest absolute Gasteiger partial charge is 0.243 e. The maximum atomic E-state index is 12.4. The van der Waals surface area contributed by atoms with E-state index in [0.29, 0.717) is 13.1 Å². The summed E-state index contributed by atoms with van der Waals surface area (Å²) in [6.45, 7) is 4.25. The molecule has 0 atom stereocenters. The van der Waals surface area contributed by atoms with Gasteiger partial charge in [-0.3, -0.25) is 4.79 Å². The van der Waals surface area contributed by atoms with E-state index in [-0.39, 0.29) is 28.2 Å². The number of nitrogens with zero attached hydrogens (tertiary/aromatic N) is 1. The molecule has 21 heavy (non-hydrogen) atoms. The molecule has 1 fully saturated rings. The maximum Gasteiger partial charge on any atom is 0.243 e.